The first kappa shape index (κ1) is 15.4. The molecule has 0 saturated carbocycles. The van der Waals surface area contributed by atoms with Crippen LogP contribution in [0, 0.1) is 0 Å². The van der Waals surface area contributed by atoms with Gasteiger partial charge in [0.25, 0.3) is 0 Å². The van der Waals surface area contributed by atoms with Crippen LogP contribution in [0.5, 0.6) is 5.75 Å². The molecule has 0 spiro atoms. The quantitative estimate of drug-likeness (QED) is 0.608. The lowest BCUT2D eigenvalue weighted by molar-refractivity contribution is -0.137. The van der Waals surface area contributed by atoms with E-state index in [-0.39, 0.29) is 31.0 Å². The van der Waals surface area contributed by atoms with Crippen molar-refractivity contribution in [2.24, 2.45) is 5.73 Å². The van der Waals surface area contributed by atoms with Crippen molar-refractivity contribution >= 4 is 16.0 Å². The Morgan fingerprint density at radius 1 is 1.32 bits per heavy atom. The third-order valence-corrected chi connectivity index (χ3v) is 3.63. The molecule has 0 bridgehead atoms. The standard InChI is InChI=1S/C11H16N2O5S/c12-6-7-13-19(16,17)10-3-1-9(2-4-10)18-8-5-11(14)15/h1-4,13H,5-8,12H2,(H,14,15). The van der Waals surface area contributed by atoms with Gasteiger partial charge in [0.1, 0.15) is 5.75 Å². The van der Waals surface area contributed by atoms with Crippen LogP contribution >= 0.6 is 0 Å². The van der Waals surface area contributed by atoms with E-state index < -0.39 is 16.0 Å². The first-order valence-corrected chi connectivity index (χ1v) is 7.08. The lowest BCUT2D eigenvalue weighted by Gasteiger charge is -2.07. The molecule has 0 atom stereocenters. The SMILES string of the molecule is NCCNS(=O)(=O)c1ccc(OCCC(=O)O)cc1. The highest BCUT2D eigenvalue weighted by molar-refractivity contribution is 7.89. The highest BCUT2D eigenvalue weighted by atomic mass is 32.2. The Morgan fingerprint density at radius 3 is 2.47 bits per heavy atom. The summed E-state index contributed by atoms with van der Waals surface area (Å²) in [4.78, 5) is 10.4. The Bertz CT molecular complexity index is 512. The summed E-state index contributed by atoms with van der Waals surface area (Å²) in [5, 5.41) is 8.45. The molecule has 0 amide bonds. The Labute approximate surface area is 111 Å². The van der Waals surface area contributed by atoms with Crippen LogP contribution in [-0.2, 0) is 14.8 Å². The predicted octanol–water partition coefficient (Wildman–Crippen LogP) is -0.223. The summed E-state index contributed by atoms with van der Waals surface area (Å²) >= 11 is 0. The average Bonchev–Trinajstić information content (AvgIpc) is 2.37. The molecule has 0 aliphatic rings. The largest absolute Gasteiger partial charge is 0.493 e. The molecule has 1 rings (SSSR count). The number of hydrogen-bond donors (Lipinski definition) is 3. The van der Waals surface area contributed by atoms with Gasteiger partial charge in [-0.1, -0.05) is 0 Å². The third kappa shape index (κ3) is 5.25. The molecule has 0 heterocycles. The van der Waals surface area contributed by atoms with E-state index in [1.807, 2.05) is 0 Å². The van der Waals surface area contributed by atoms with Crippen LogP contribution in [0.4, 0.5) is 0 Å². The fraction of sp³-hybridized carbons (Fsp3) is 0.364. The maximum absolute atomic E-state index is 11.7. The summed E-state index contributed by atoms with van der Waals surface area (Å²) in [6, 6.07) is 5.71. The maximum atomic E-state index is 11.7. The van der Waals surface area contributed by atoms with Gasteiger partial charge in [-0.05, 0) is 24.3 Å². The van der Waals surface area contributed by atoms with Crippen LogP contribution in [0.15, 0.2) is 29.2 Å². The molecule has 106 valence electrons. The topological polar surface area (TPSA) is 119 Å². The van der Waals surface area contributed by atoms with Crippen molar-refractivity contribution < 1.29 is 23.1 Å². The second-order valence-corrected chi connectivity index (χ2v) is 5.42. The summed E-state index contributed by atoms with van der Waals surface area (Å²) in [6.07, 6.45) is -0.113. The normalized spacial score (nSPS) is 11.2. The van der Waals surface area contributed by atoms with Crippen molar-refractivity contribution in [2.45, 2.75) is 11.3 Å². The monoisotopic (exact) mass is 288 g/mol. The van der Waals surface area contributed by atoms with Gasteiger partial charge in [-0.2, -0.15) is 0 Å². The van der Waals surface area contributed by atoms with Gasteiger partial charge in [0.2, 0.25) is 10.0 Å². The number of rotatable bonds is 8. The highest BCUT2D eigenvalue weighted by Crippen LogP contribution is 2.15. The number of aliphatic carboxylic acids is 1. The number of nitrogens with two attached hydrogens (primary N) is 1. The lowest BCUT2D eigenvalue weighted by Crippen LogP contribution is -2.29. The van der Waals surface area contributed by atoms with Crippen molar-refractivity contribution in [3.63, 3.8) is 0 Å². The van der Waals surface area contributed by atoms with Gasteiger partial charge >= 0.3 is 5.97 Å². The number of hydrogen-bond acceptors (Lipinski definition) is 5. The van der Waals surface area contributed by atoms with E-state index in [9.17, 15) is 13.2 Å². The second kappa shape index (κ2) is 7.07. The zero-order valence-electron chi connectivity index (χ0n) is 10.2. The van der Waals surface area contributed by atoms with Gasteiger partial charge in [0.15, 0.2) is 0 Å². The maximum Gasteiger partial charge on any atom is 0.306 e. The molecule has 19 heavy (non-hydrogen) atoms. The summed E-state index contributed by atoms with van der Waals surface area (Å²) in [5.41, 5.74) is 5.22. The molecule has 7 nitrogen and oxygen atoms in total. The van der Waals surface area contributed by atoms with Crippen molar-refractivity contribution in [1.29, 1.82) is 0 Å². The van der Waals surface area contributed by atoms with E-state index >= 15 is 0 Å². The third-order valence-electron chi connectivity index (χ3n) is 2.16. The van der Waals surface area contributed by atoms with Gasteiger partial charge in [0, 0.05) is 13.1 Å². The minimum atomic E-state index is -3.55. The molecule has 1 aromatic carbocycles. The molecule has 0 fully saturated rings. The fourth-order valence-electron chi connectivity index (χ4n) is 1.25. The predicted molar refractivity (Wildman–Crippen MR) is 68.4 cm³/mol. The summed E-state index contributed by atoms with van der Waals surface area (Å²) < 4.78 is 30.9. The number of nitrogens with one attached hydrogen (secondary N) is 1. The Hall–Kier alpha value is -1.64. The van der Waals surface area contributed by atoms with Crippen molar-refractivity contribution in [3.05, 3.63) is 24.3 Å². The number of benzene rings is 1. The Morgan fingerprint density at radius 2 is 1.95 bits per heavy atom. The van der Waals surface area contributed by atoms with E-state index in [1.54, 1.807) is 0 Å². The molecule has 0 aliphatic heterocycles. The van der Waals surface area contributed by atoms with Crippen LogP contribution in [0.3, 0.4) is 0 Å². The summed E-state index contributed by atoms with van der Waals surface area (Å²) in [5.74, 6) is -0.538. The van der Waals surface area contributed by atoms with Crippen LogP contribution in [0.2, 0.25) is 0 Å². The number of ether oxygens (including phenoxy) is 1. The van der Waals surface area contributed by atoms with E-state index in [2.05, 4.69) is 4.72 Å². The number of sulfonamides is 1. The van der Waals surface area contributed by atoms with Gasteiger partial charge in [-0.15, -0.1) is 0 Å². The van der Waals surface area contributed by atoms with Crippen LogP contribution < -0.4 is 15.2 Å². The first-order chi connectivity index (χ1) is 8.95. The molecule has 0 saturated heterocycles. The van der Waals surface area contributed by atoms with Crippen molar-refractivity contribution in [2.75, 3.05) is 19.7 Å². The zero-order valence-corrected chi connectivity index (χ0v) is 11.0. The number of carboxylic acids is 1. The molecule has 0 aromatic heterocycles. The molecule has 1 aromatic rings. The lowest BCUT2D eigenvalue weighted by atomic mass is 10.3. The van der Waals surface area contributed by atoms with Gasteiger partial charge < -0.3 is 15.6 Å². The molecule has 8 heteroatoms. The smallest absolute Gasteiger partial charge is 0.306 e. The van der Waals surface area contributed by atoms with Crippen LogP contribution in [0.1, 0.15) is 6.42 Å². The summed E-state index contributed by atoms with van der Waals surface area (Å²) in [6.45, 7) is 0.418. The molecular formula is C11H16N2O5S. The van der Waals surface area contributed by atoms with E-state index in [0.29, 0.717) is 5.75 Å². The highest BCUT2D eigenvalue weighted by Gasteiger charge is 2.12. The van der Waals surface area contributed by atoms with Crippen LogP contribution in [0.25, 0.3) is 0 Å². The molecule has 0 unspecified atom stereocenters. The van der Waals surface area contributed by atoms with Gasteiger partial charge in [0.05, 0.1) is 17.9 Å². The van der Waals surface area contributed by atoms with Gasteiger partial charge in [-0.3, -0.25) is 4.79 Å². The van der Waals surface area contributed by atoms with E-state index in [1.165, 1.54) is 24.3 Å². The van der Waals surface area contributed by atoms with Crippen molar-refractivity contribution in [3.8, 4) is 5.75 Å². The number of carboxylic acid groups (broad SMARTS) is 1. The molecular weight excluding hydrogens is 272 g/mol. The Kier molecular flexibility index (Phi) is 5.74. The number of carbonyl (C=O) groups is 1. The Balaban J connectivity index is 2.63. The minimum Gasteiger partial charge on any atom is -0.493 e. The summed E-state index contributed by atoms with van der Waals surface area (Å²) in [7, 11) is -3.55. The second-order valence-electron chi connectivity index (χ2n) is 3.65. The van der Waals surface area contributed by atoms with E-state index in [4.69, 9.17) is 15.6 Å². The van der Waals surface area contributed by atoms with E-state index in [0.717, 1.165) is 0 Å². The first-order valence-electron chi connectivity index (χ1n) is 5.60. The molecule has 4 N–H and O–H groups in total. The van der Waals surface area contributed by atoms with Gasteiger partial charge in [-0.25, -0.2) is 13.1 Å². The van der Waals surface area contributed by atoms with Crippen LogP contribution in [-0.4, -0.2) is 39.2 Å². The molecule has 0 radical (unpaired) electrons. The average molecular weight is 288 g/mol. The fourth-order valence-corrected chi connectivity index (χ4v) is 2.30. The molecule has 0 aliphatic carbocycles. The van der Waals surface area contributed by atoms with Crippen molar-refractivity contribution in [1.82, 2.24) is 4.72 Å². The zero-order chi connectivity index (χ0) is 14.3. The minimum absolute atomic E-state index is 0.0346.